The van der Waals surface area contributed by atoms with E-state index in [2.05, 4.69) is 15.5 Å². The fourth-order valence-corrected chi connectivity index (χ4v) is 4.11. The van der Waals surface area contributed by atoms with Gasteiger partial charge in [-0.05, 0) is 30.2 Å². The summed E-state index contributed by atoms with van der Waals surface area (Å²) in [6.07, 6.45) is -4.40. The topological polar surface area (TPSA) is 75.2 Å². The van der Waals surface area contributed by atoms with E-state index in [-0.39, 0.29) is 35.8 Å². The van der Waals surface area contributed by atoms with Crippen molar-refractivity contribution in [2.45, 2.75) is 26.4 Å². The number of hydrogen-bond acceptors (Lipinski definition) is 5. The van der Waals surface area contributed by atoms with Crippen molar-refractivity contribution in [3.05, 3.63) is 64.7 Å². The molecule has 0 fully saturated rings. The lowest BCUT2D eigenvalue weighted by atomic mass is 10.1. The predicted molar refractivity (Wildman–Crippen MR) is 126 cm³/mol. The average Bonchev–Trinajstić information content (AvgIpc) is 3.24. The van der Waals surface area contributed by atoms with Crippen LogP contribution in [0.15, 0.2) is 48.5 Å². The highest BCUT2D eigenvalue weighted by molar-refractivity contribution is 7.18. The van der Waals surface area contributed by atoms with Gasteiger partial charge in [0.05, 0.1) is 16.1 Å². The number of nitrogens with zero attached hydrogens (tertiary/aromatic N) is 3. The minimum atomic E-state index is -4.42. The molecule has 1 heterocycles. The molecule has 0 radical (unpaired) electrons. The minimum absolute atomic E-state index is 0.0259. The molecule has 0 aliphatic heterocycles. The van der Waals surface area contributed by atoms with Crippen LogP contribution in [0.1, 0.15) is 36.2 Å². The van der Waals surface area contributed by atoms with Crippen LogP contribution in [0.2, 0.25) is 5.02 Å². The maximum atomic E-state index is 12.9. The fourth-order valence-electron chi connectivity index (χ4n) is 3.13. The molecule has 0 bridgehead atoms. The molecule has 0 aliphatic carbocycles. The van der Waals surface area contributed by atoms with Gasteiger partial charge in [-0.2, -0.15) is 13.2 Å². The maximum Gasteiger partial charge on any atom is 0.416 e. The highest BCUT2D eigenvalue weighted by atomic mass is 35.5. The van der Waals surface area contributed by atoms with Crippen LogP contribution < -0.4 is 5.32 Å². The van der Waals surface area contributed by atoms with Crippen molar-refractivity contribution in [3.63, 3.8) is 0 Å². The summed E-state index contributed by atoms with van der Waals surface area (Å²) in [5.74, 6) is -0.438. The zero-order chi connectivity index (χ0) is 24.9. The molecule has 11 heteroatoms. The van der Waals surface area contributed by atoms with Crippen LogP contribution in [0.5, 0.6) is 0 Å². The molecule has 2 aromatic carbocycles. The van der Waals surface area contributed by atoms with Crippen LogP contribution in [0.25, 0.3) is 10.6 Å². The Balaban J connectivity index is 1.62. The van der Waals surface area contributed by atoms with Gasteiger partial charge in [-0.1, -0.05) is 61.1 Å². The lowest BCUT2D eigenvalue weighted by Crippen LogP contribution is -2.36. The molecular formula is C23H22ClF3N4O2S. The normalized spacial score (nSPS) is 11.5. The standard InChI is InChI=1S/C23H22ClF3N4O2S/c1-14(2)13-31(21(33)17-5-3-4-6-18(17)24)12-11-19(32)28-22-30-29-20(34-22)15-7-9-16(10-8-15)23(25,26)27/h3-10,14H,11-13H2,1-2H3,(H,28,30,32). The van der Waals surface area contributed by atoms with E-state index in [4.69, 9.17) is 11.6 Å². The Hall–Kier alpha value is -2.98. The van der Waals surface area contributed by atoms with Crippen molar-refractivity contribution in [2.24, 2.45) is 5.92 Å². The molecule has 6 nitrogen and oxygen atoms in total. The summed E-state index contributed by atoms with van der Waals surface area (Å²) in [5.41, 5.74) is 0.0709. The van der Waals surface area contributed by atoms with Crippen LogP contribution in [-0.4, -0.2) is 40.0 Å². The summed E-state index contributed by atoms with van der Waals surface area (Å²) in [5, 5.41) is 11.4. The molecule has 0 unspecified atom stereocenters. The van der Waals surface area contributed by atoms with Gasteiger partial charge >= 0.3 is 6.18 Å². The molecule has 180 valence electrons. The van der Waals surface area contributed by atoms with Crippen LogP contribution >= 0.6 is 22.9 Å². The van der Waals surface area contributed by atoms with E-state index < -0.39 is 11.7 Å². The predicted octanol–water partition coefficient (Wildman–Crippen LogP) is 6.00. The van der Waals surface area contributed by atoms with Crippen molar-refractivity contribution in [1.82, 2.24) is 15.1 Å². The summed E-state index contributed by atoms with van der Waals surface area (Å²) in [6.45, 7) is 4.57. The molecule has 0 aliphatic rings. The Morgan fingerprint density at radius 3 is 2.38 bits per heavy atom. The summed E-state index contributed by atoms with van der Waals surface area (Å²) in [7, 11) is 0. The lowest BCUT2D eigenvalue weighted by molar-refractivity contribution is -0.137. The molecule has 2 amide bonds. The van der Waals surface area contributed by atoms with E-state index in [1.54, 1.807) is 29.2 Å². The molecule has 0 saturated heterocycles. The van der Waals surface area contributed by atoms with Crippen LogP contribution in [0.3, 0.4) is 0 Å². The van der Waals surface area contributed by atoms with Crippen molar-refractivity contribution in [3.8, 4) is 10.6 Å². The van der Waals surface area contributed by atoms with Gasteiger partial charge in [-0.15, -0.1) is 10.2 Å². The van der Waals surface area contributed by atoms with E-state index >= 15 is 0 Å². The first-order valence-electron chi connectivity index (χ1n) is 10.4. The number of halogens is 4. The minimum Gasteiger partial charge on any atom is -0.338 e. The van der Waals surface area contributed by atoms with E-state index in [0.29, 0.717) is 27.7 Å². The third kappa shape index (κ3) is 6.77. The Kier molecular flexibility index (Phi) is 8.27. The van der Waals surface area contributed by atoms with E-state index in [0.717, 1.165) is 23.5 Å². The number of benzene rings is 2. The molecule has 34 heavy (non-hydrogen) atoms. The van der Waals surface area contributed by atoms with Gasteiger partial charge in [-0.3, -0.25) is 9.59 Å². The van der Waals surface area contributed by atoms with Crippen LogP contribution in [-0.2, 0) is 11.0 Å². The highest BCUT2D eigenvalue weighted by Crippen LogP contribution is 2.32. The molecule has 1 aromatic heterocycles. The van der Waals surface area contributed by atoms with Crippen LogP contribution in [0.4, 0.5) is 18.3 Å². The Labute approximate surface area is 203 Å². The number of anilines is 1. The largest absolute Gasteiger partial charge is 0.416 e. The monoisotopic (exact) mass is 510 g/mol. The summed E-state index contributed by atoms with van der Waals surface area (Å²) in [6, 6.07) is 11.3. The van der Waals surface area contributed by atoms with Gasteiger partial charge < -0.3 is 10.2 Å². The first-order valence-corrected chi connectivity index (χ1v) is 11.6. The average molecular weight is 511 g/mol. The third-order valence-corrected chi connectivity index (χ3v) is 5.93. The Morgan fingerprint density at radius 2 is 1.76 bits per heavy atom. The Bertz CT molecular complexity index is 1150. The number of alkyl halides is 3. The first kappa shape index (κ1) is 25.6. The summed E-state index contributed by atoms with van der Waals surface area (Å²) >= 11 is 7.20. The molecule has 0 atom stereocenters. The number of carbonyl (C=O) groups is 2. The number of carbonyl (C=O) groups excluding carboxylic acids is 2. The SMILES string of the molecule is CC(C)CN(CCC(=O)Nc1nnc(-c2ccc(C(F)(F)F)cc2)s1)C(=O)c1ccccc1Cl. The summed E-state index contributed by atoms with van der Waals surface area (Å²) < 4.78 is 38.2. The quantitative estimate of drug-likeness (QED) is 0.403. The van der Waals surface area contributed by atoms with Gasteiger partial charge in [0.25, 0.3) is 5.91 Å². The van der Waals surface area contributed by atoms with Crippen molar-refractivity contribution in [1.29, 1.82) is 0 Å². The van der Waals surface area contributed by atoms with Crippen molar-refractivity contribution in [2.75, 3.05) is 18.4 Å². The number of amides is 2. The zero-order valence-electron chi connectivity index (χ0n) is 18.4. The molecule has 1 N–H and O–H groups in total. The Morgan fingerprint density at radius 1 is 1.09 bits per heavy atom. The van der Waals surface area contributed by atoms with E-state index in [1.165, 1.54) is 12.1 Å². The fraction of sp³-hybridized carbons (Fsp3) is 0.304. The van der Waals surface area contributed by atoms with Gasteiger partial charge in [0.2, 0.25) is 11.0 Å². The maximum absolute atomic E-state index is 12.9. The lowest BCUT2D eigenvalue weighted by Gasteiger charge is -2.25. The van der Waals surface area contributed by atoms with Crippen molar-refractivity contribution < 1.29 is 22.8 Å². The first-order chi connectivity index (χ1) is 16.0. The summed E-state index contributed by atoms with van der Waals surface area (Å²) in [4.78, 5) is 27.0. The van der Waals surface area contributed by atoms with E-state index in [9.17, 15) is 22.8 Å². The number of hydrogen-bond donors (Lipinski definition) is 1. The molecule has 3 rings (SSSR count). The second-order valence-electron chi connectivity index (χ2n) is 7.91. The second kappa shape index (κ2) is 11.0. The van der Waals surface area contributed by atoms with E-state index in [1.807, 2.05) is 13.8 Å². The van der Waals surface area contributed by atoms with Crippen molar-refractivity contribution >= 4 is 39.9 Å². The number of nitrogens with one attached hydrogen (secondary N) is 1. The molecular weight excluding hydrogens is 489 g/mol. The van der Waals surface area contributed by atoms with Gasteiger partial charge in [-0.25, -0.2) is 0 Å². The molecule has 3 aromatic rings. The van der Waals surface area contributed by atoms with Crippen LogP contribution in [0, 0.1) is 5.92 Å². The molecule has 0 spiro atoms. The second-order valence-corrected chi connectivity index (χ2v) is 9.30. The number of rotatable bonds is 8. The third-order valence-electron chi connectivity index (χ3n) is 4.72. The number of aromatic nitrogens is 2. The van der Waals surface area contributed by atoms with Gasteiger partial charge in [0.15, 0.2) is 0 Å². The van der Waals surface area contributed by atoms with Gasteiger partial charge in [0.1, 0.15) is 5.01 Å². The molecule has 0 saturated carbocycles. The zero-order valence-corrected chi connectivity index (χ0v) is 20.0. The smallest absolute Gasteiger partial charge is 0.338 e. The van der Waals surface area contributed by atoms with Gasteiger partial charge in [0, 0.05) is 25.1 Å². The highest BCUT2D eigenvalue weighted by Gasteiger charge is 2.30.